The average Bonchev–Trinajstić information content (AvgIpc) is 2.14. The number of amides is 1. The number of hydrogen-bond donors (Lipinski definition) is 1. The van der Waals surface area contributed by atoms with Crippen molar-refractivity contribution in [3.8, 4) is 0 Å². The number of methoxy groups -OCH3 is 1. The molecular weight excluding hydrogens is 168 g/mol. The predicted octanol–water partition coefficient (Wildman–Crippen LogP) is 0.217. The summed E-state index contributed by atoms with van der Waals surface area (Å²) in [6.45, 7) is 4.32. The molecule has 4 heteroatoms. The summed E-state index contributed by atoms with van der Waals surface area (Å²) in [5.74, 6) is 0.00319. The molecule has 13 heavy (non-hydrogen) atoms. The summed E-state index contributed by atoms with van der Waals surface area (Å²) in [7, 11) is 3.31. The van der Waals surface area contributed by atoms with Gasteiger partial charge in [0.2, 0.25) is 0 Å². The van der Waals surface area contributed by atoms with Gasteiger partial charge in [0, 0.05) is 20.2 Å². The second kappa shape index (κ2) is 5.94. The summed E-state index contributed by atoms with van der Waals surface area (Å²) in [6.07, 6.45) is 0.448. The molecule has 0 radical (unpaired) electrons. The maximum absolute atomic E-state index is 11.6. The van der Waals surface area contributed by atoms with Crippen molar-refractivity contribution in [1.82, 2.24) is 4.90 Å². The molecule has 0 aromatic rings. The highest BCUT2D eigenvalue weighted by Gasteiger charge is 2.20. The number of rotatable bonds is 5. The lowest BCUT2D eigenvalue weighted by Crippen LogP contribution is -2.42. The maximum atomic E-state index is 11.6. The molecule has 0 heterocycles. The Morgan fingerprint density at radius 2 is 2.08 bits per heavy atom. The van der Waals surface area contributed by atoms with Crippen molar-refractivity contribution in [2.24, 2.45) is 5.73 Å². The molecular formula is C9H20N2O2. The number of carbonyl (C=O) groups excluding carboxylic acids is 1. The Balaban J connectivity index is 4.08. The van der Waals surface area contributed by atoms with Crippen molar-refractivity contribution < 1.29 is 9.53 Å². The van der Waals surface area contributed by atoms with Gasteiger partial charge in [-0.2, -0.15) is 0 Å². The van der Waals surface area contributed by atoms with E-state index in [1.807, 2.05) is 6.92 Å². The fourth-order valence-corrected chi connectivity index (χ4v) is 1.04. The van der Waals surface area contributed by atoms with E-state index < -0.39 is 0 Å². The van der Waals surface area contributed by atoms with Crippen molar-refractivity contribution in [3.63, 3.8) is 0 Å². The summed E-state index contributed by atoms with van der Waals surface area (Å²) < 4.78 is 4.94. The standard InChI is InChI=1S/C9H20N2O2/c1-7(5-6-10)11(3)9(12)8(2)13-4/h7-8H,5-6,10H2,1-4H3. The van der Waals surface area contributed by atoms with Gasteiger partial charge in [0.15, 0.2) is 0 Å². The van der Waals surface area contributed by atoms with E-state index in [2.05, 4.69) is 0 Å². The Morgan fingerprint density at radius 1 is 1.54 bits per heavy atom. The van der Waals surface area contributed by atoms with E-state index in [9.17, 15) is 4.79 Å². The quantitative estimate of drug-likeness (QED) is 0.671. The van der Waals surface area contributed by atoms with Crippen molar-refractivity contribution in [3.05, 3.63) is 0 Å². The molecule has 0 aliphatic heterocycles. The van der Waals surface area contributed by atoms with Gasteiger partial charge >= 0.3 is 0 Å². The lowest BCUT2D eigenvalue weighted by Gasteiger charge is -2.26. The first-order valence-electron chi connectivity index (χ1n) is 4.54. The zero-order valence-electron chi connectivity index (χ0n) is 8.91. The average molecular weight is 188 g/mol. The number of nitrogens with two attached hydrogens (primary N) is 1. The zero-order valence-corrected chi connectivity index (χ0v) is 8.91. The normalized spacial score (nSPS) is 15.2. The topological polar surface area (TPSA) is 55.6 Å². The third kappa shape index (κ3) is 3.74. The number of ether oxygens (including phenoxy) is 1. The first-order valence-corrected chi connectivity index (χ1v) is 4.54. The van der Waals surface area contributed by atoms with Crippen LogP contribution in [-0.2, 0) is 9.53 Å². The molecule has 0 saturated carbocycles. The van der Waals surface area contributed by atoms with Crippen LogP contribution in [0.4, 0.5) is 0 Å². The summed E-state index contributed by atoms with van der Waals surface area (Å²) in [6, 6.07) is 0.176. The first kappa shape index (κ1) is 12.4. The largest absolute Gasteiger partial charge is 0.372 e. The van der Waals surface area contributed by atoms with Crippen LogP contribution in [0.15, 0.2) is 0 Å². The summed E-state index contributed by atoms with van der Waals surface area (Å²) >= 11 is 0. The Labute approximate surface area is 80.0 Å². The lowest BCUT2D eigenvalue weighted by molar-refractivity contribution is -0.141. The molecule has 0 spiro atoms. The minimum Gasteiger partial charge on any atom is -0.372 e. The smallest absolute Gasteiger partial charge is 0.251 e. The number of hydrogen-bond acceptors (Lipinski definition) is 3. The van der Waals surface area contributed by atoms with E-state index in [1.54, 1.807) is 18.9 Å². The van der Waals surface area contributed by atoms with Gasteiger partial charge in [-0.15, -0.1) is 0 Å². The molecule has 0 aliphatic carbocycles. The van der Waals surface area contributed by atoms with Crippen LogP contribution in [0.5, 0.6) is 0 Å². The SMILES string of the molecule is COC(C)C(=O)N(C)C(C)CCN. The fraction of sp³-hybridized carbons (Fsp3) is 0.889. The van der Waals surface area contributed by atoms with Gasteiger partial charge in [-0.05, 0) is 26.8 Å². The third-order valence-corrected chi connectivity index (χ3v) is 2.29. The summed E-state index contributed by atoms with van der Waals surface area (Å²) in [5.41, 5.74) is 5.41. The molecule has 0 aliphatic rings. The van der Waals surface area contributed by atoms with E-state index in [1.165, 1.54) is 7.11 Å². The predicted molar refractivity (Wildman–Crippen MR) is 52.4 cm³/mol. The van der Waals surface area contributed by atoms with E-state index in [-0.39, 0.29) is 18.1 Å². The molecule has 0 aromatic carbocycles. The van der Waals surface area contributed by atoms with E-state index in [0.717, 1.165) is 6.42 Å². The maximum Gasteiger partial charge on any atom is 0.251 e. The fourth-order valence-electron chi connectivity index (χ4n) is 1.04. The van der Waals surface area contributed by atoms with Crippen LogP contribution in [0.25, 0.3) is 0 Å². The minimum atomic E-state index is -0.370. The Hall–Kier alpha value is -0.610. The summed E-state index contributed by atoms with van der Waals surface area (Å²) in [5, 5.41) is 0. The van der Waals surface area contributed by atoms with Gasteiger partial charge in [0.25, 0.3) is 5.91 Å². The Kier molecular flexibility index (Phi) is 5.66. The van der Waals surface area contributed by atoms with E-state index in [0.29, 0.717) is 6.54 Å². The van der Waals surface area contributed by atoms with Crippen LogP contribution in [0, 0.1) is 0 Å². The Bertz CT molecular complexity index is 162. The highest BCUT2D eigenvalue weighted by Crippen LogP contribution is 2.03. The van der Waals surface area contributed by atoms with Crippen LogP contribution < -0.4 is 5.73 Å². The van der Waals surface area contributed by atoms with Gasteiger partial charge in [0.1, 0.15) is 6.10 Å². The van der Waals surface area contributed by atoms with Crippen molar-refractivity contribution in [2.75, 3.05) is 20.7 Å². The molecule has 2 N–H and O–H groups in total. The first-order chi connectivity index (χ1) is 6.04. The molecule has 0 fully saturated rings. The molecule has 0 aromatic heterocycles. The van der Waals surface area contributed by atoms with Crippen LogP contribution in [0.1, 0.15) is 20.3 Å². The van der Waals surface area contributed by atoms with Crippen LogP contribution in [0.3, 0.4) is 0 Å². The van der Waals surface area contributed by atoms with Gasteiger partial charge < -0.3 is 15.4 Å². The molecule has 0 rings (SSSR count). The Morgan fingerprint density at radius 3 is 2.46 bits per heavy atom. The van der Waals surface area contributed by atoms with Gasteiger partial charge in [-0.1, -0.05) is 0 Å². The van der Waals surface area contributed by atoms with Gasteiger partial charge in [-0.25, -0.2) is 0 Å². The molecule has 1 amide bonds. The monoisotopic (exact) mass is 188 g/mol. The highest BCUT2D eigenvalue weighted by atomic mass is 16.5. The molecule has 0 saturated heterocycles. The van der Waals surface area contributed by atoms with Crippen molar-refractivity contribution in [2.45, 2.75) is 32.4 Å². The molecule has 0 bridgehead atoms. The molecule has 78 valence electrons. The summed E-state index contributed by atoms with van der Waals surface area (Å²) in [4.78, 5) is 13.2. The number of likely N-dealkylation sites (N-methyl/N-ethyl adjacent to an activating group) is 1. The van der Waals surface area contributed by atoms with Crippen LogP contribution in [-0.4, -0.2) is 43.7 Å². The number of carbonyl (C=O) groups is 1. The molecule has 2 atom stereocenters. The lowest BCUT2D eigenvalue weighted by atomic mass is 10.2. The number of nitrogens with zero attached hydrogens (tertiary/aromatic N) is 1. The van der Waals surface area contributed by atoms with E-state index >= 15 is 0 Å². The van der Waals surface area contributed by atoms with Crippen molar-refractivity contribution in [1.29, 1.82) is 0 Å². The van der Waals surface area contributed by atoms with Crippen molar-refractivity contribution >= 4 is 5.91 Å². The minimum absolute atomic E-state index is 0.00319. The van der Waals surface area contributed by atoms with Gasteiger partial charge in [-0.3, -0.25) is 4.79 Å². The zero-order chi connectivity index (χ0) is 10.4. The second-order valence-electron chi connectivity index (χ2n) is 3.25. The second-order valence-corrected chi connectivity index (χ2v) is 3.25. The van der Waals surface area contributed by atoms with Crippen LogP contribution in [0.2, 0.25) is 0 Å². The van der Waals surface area contributed by atoms with Crippen LogP contribution >= 0.6 is 0 Å². The van der Waals surface area contributed by atoms with Gasteiger partial charge in [0.05, 0.1) is 0 Å². The van der Waals surface area contributed by atoms with E-state index in [4.69, 9.17) is 10.5 Å². The molecule has 4 nitrogen and oxygen atoms in total. The highest BCUT2D eigenvalue weighted by molar-refractivity contribution is 5.80. The molecule has 2 unspecified atom stereocenters. The third-order valence-electron chi connectivity index (χ3n) is 2.29.